The molecule has 4 heteroatoms. The zero-order chi connectivity index (χ0) is 7.44. The molecule has 0 saturated carbocycles. The summed E-state index contributed by atoms with van der Waals surface area (Å²) in [6.45, 7) is 3.53. The summed E-state index contributed by atoms with van der Waals surface area (Å²) in [5, 5.41) is 0. The number of rotatable bonds is 3. The van der Waals surface area contributed by atoms with Gasteiger partial charge in [0.25, 0.3) is 5.91 Å². The fourth-order valence-electron chi connectivity index (χ4n) is 0.428. The number of hydrogen-bond donors (Lipinski definition) is 1. The molecule has 10 heavy (non-hydrogen) atoms. The smallest absolute Gasteiger partial charge is 0.285 e. The lowest BCUT2D eigenvalue weighted by Gasteiger charge is -2.00. The highest BCUT2D eigenvalue weighted by Crippen LogP contribution is 2.00. The first-order valence-electron chi connectivity index (χ1n) is 2.93. The van der Waals surface area contributed by atoms with Crippen molar-refractivity contribution >= 4 is 11.7 Å². The van der Waals surface area contributed by atoms with Crippen LogP contribution < -0.4 is 5.73 Å². The Kier molecular flexibility index (Phi) is 5.84. The second-order valence-electron chi connectivity index (χ2n) is 2.04. The first-order valence-corrected chi connectivity index (χ1v) is 2.93. The molecule has 0 aliphatic carbocycles. The predicted molar refractivity (Wildman–Crippen MR) is 37.3 cm³/mol. The van der Waals surface area contributed by atoms with Crippen molar-refractivity contribution in [2.75, 3.05) is 0 Å². The maximum absolute atomic E-state index is 10.6. The fourth-order valence-corrected chi connectivity index (χ4v) is 0.428. The van der Waals surface area contributed by atoms with E-state index in [4.69, 9.17) is 5.73 Å². The lowest BCUT2D eigenvalue weighted by Crippen LogP contribution is -2.28. The molecule has 0 aromatic carbocycles. The summed E-state index contributed by atoms with van der Waals surface area (Å²) in [6, 6.07) is 0. The van der Waals surface area contributed by atoms with Crippen LogP contribution in [0.4, 0.5) is 0 Å². The highest BCUT2D eigenvalue weighted by atomic mass is 16.2. The van der Waals surface area contributed by atoms with Crippen molar-refractivity contribution in [3.63, 3.8) is 0 Å². The van der Waals surface area contributed by atoms with Crippen molar-refractivity contribution in [3.05, 3.63) is 0 Å². The Morgan fingerprint density at radius 3 is 2.00 bits per heavy atom. The minimum Gasteiger partial charge on any atom is -0.412 e. The van der Waals surface area contributed by atoms with Gasteiger partial charge in [-0.2, -0.15) is 0 Å². The van der Waals surface area contributed by atoms with Gasteiger partial charge in [-0.15, -0.1) is 0 Å². The summed E-state index contributed by atoms with van der Waals surface area (Å²) < 4.78 is 0. The normalized spacial score (nSPS) is 11.4. The molecule has 0 radical (unpaired) electrons. The number of primary amides is 1. The van der Waals surface area contributed by atoms with Crippen LogP contribution in [0.3, 0.4) is 0 Å². The van der Waals surface area contributed by atoms with Gasteiger partial charge in [0.15, 0.2) is 0 Å². The monoisotopic (exact) mass is 147 g/mol. The molecule has 1 atom stereocenters. The van der Waals surface area contributed by atoms with E-state index < -0.39 is 11.7 Å². The first kappa shape index (κ1) is 11.8. The Hall–Kier alpha value is -0.900. The quantitative estimate of drug-likeness (QED) is 0.532. The Balaban J connectivity index is 0. The minimum atomic E-state index is -0.829. The van der Waals surface area contributed by atoms with Crippen molar-refractivity contribution in [2.45, 2.75) is 20.3 Å². The Morgan fingerprint density at radius 2 is 1.90 bits per heavy atom. The van der Waals surface area contributed by atoms with Gasteiger partial charge in [-0.25, -0.2) is 0 Å². The lowest BCUT2D eigenvalue weighted by molar-refractivity contribution is -0.138. The maximum atomic E-state index is 10.6. The number of ketones is 1. The van der Waals surface area contributed by atoms with Crippen LogP contribution in [0.5, 0.6) is 0 Å². The second-order valence-corrected chi connectivity index (χ2v) is 2.04. The van der Waals surface area contributed by atoms with Crippen LogP contribution in [0.1, 0.15) is 20.3 Å². The molecule has 4 nitrogen and oxygen atoms in total. The molecule has 0 bridgehead atoms. The van der Waals surface area contributed by atoms with Crippen molar-refractivity contribution in [1.29, 1.82) is 0 Å². The molecule has 0 rings (SSSR count). The number of hydrogen-bond acceptors (Lipinski definition) is 2. The number of carbonyl (C=O) groups excluding carboxylic acids is 2. The third-order valence-corrected chi connectivity index (χ3v) is 1.30. The van der Waals surface area contributed by atoms with E-state index in [-0.39, 0.29) is 11.4 Å². The van der Waals surface area contributed by atoms with Gasteiger partial charge in [0.2, 0.25) is 5.78 Å². The third kappa shape index (κ3) is 3.19. The van der Waals surface area contributed by atoms with Gasteiger partial charge in [0.05, 0.1) is 0 Å². The van der Waals surface area contributed by atoms with Crippen LogP contribution in [0.25, 0.3) is 0 Å². The number of amides is 1. The fraction of sp³-hybridized carbons (Fsp3) is 0.667. The molecule has 1 amide bonds. The van der Waals surface area contributed by atoms with E-state index in [1.54, 1.807) is 6.92 Å². The molecule has 0 aromatic heterocycles. The van der Waals surface area contributed by atoms with Gasteiger partial charge in [-0.1, -0.05) is 13.8 Å². The average Bonchev–Trinajstić information content (AvgIpc) is 1.84. The third-order valence-electron chi connectivity index (χ3n) is 1.30. The zero-order valence-electron chi connectivity index (χ0n) is 6.18. The zero-order valence-corrected chi connectivity index (χ0v) is 6.18. The van der Waals surface area contributed by atoms with Crippen molar-refractivity contribution in [3.8, 4) is 0 Å². The SMILES string of the molecule is CCC(C)C(=O)C(N)=O.O. The summed E-state index contributed by atoms with van der Waals surface area (Å²) >= 11 is 0. The molecule has 0 spiro atoms. The van der Waals surface area contributed by atoms with Crippen molar-refractivity contribution < 1.29 is 15.1 Å². The highest BCUT2D eigenvalue weighted by molar-refractivity contribution is 6.36. The number of carbonyl (C=O) groups is 2. The Morgan fingerprint density at radius 1 is 1.50 bits per heavy atom. The molecular weight excluding hydrogens is 134 g/mol. The summed E-state index contributed by atoms with van der Waals surface area (Å²) in [5.41, 5.74) is 4.72. The van der Waals surface area contributed by atoms with Gasteiger partial charge in [0.1, 0.15) is 0 Å². The number of Topliss-reactive ketones (excluding diaryl/α,β-unsaturated/α-hetero) is 1. The van der Waals surface area contributed by atoms with Crippen LogP contribution in [0.15, 0.2) is 0 Å². The van der Waals surface area contributed by atoms with E-state index >= 15 is 0 Å². The van der Waals surface area contributed by atoms with Crippen LogP contribution >= 0.6 is 0 Å². The van der Waals surface area contributed by atoms with Gasteiger partial charge in [0, 0.05) is 5.92 Å². The van der Waals surface area contributed by atoms with Crippen LogP contribution in [0.2, 0.25) is 0 Å². The Labute approximate surface area is 59.7 Å². The molecule has 4 N–H and O–H groups in total. The molecule has 0 aromatic rings. The van der Waals surface area contributed by atoms with Gasteiger partial charge in [-0.05, 0) is 6.42 Å². The van der Waals surface area contributed by atoms with E-state index in [9.17, 15) is 9.59 Å². The summed E-state index contributed by atoms with van der Waals surface area (Å²) in [5.74, 6) is -1.52. The van der Waals surface area contributed by atoms with Gasteiger partial charge >= 0.3 is 0 Å². The molecule has 1 unspecified atom stereocenters. The van der Waals surface area contributed by atoms with Crippen LogP contribution in [-0.2, 0) is 9.59 Å². The number of nitrogens with two attached hydrogens (primary N) is 1. The molecular formula is C6H13NO3. The highest BCUT2D eigenvalue weighted by Gasteiger charge is 2.15. The largest absolute Gasteiger partial charge is 0.412 e. The van der Waals surface area contributed by atoms with Crippen LogP contribution in [0, 0.1) is 5.92 Å². The standard InChI is InChI=1S/C6H11NO2.H2O/c1-3-4(2)5(8)6(7)9;/h4H,3H2,1-2H3,(H2,7,9);1H2. The van der Waals surface area contributed by atoms with Crippen LogP contribution in [-0.4, -0.2) is 17.2 Å². The first-order chi connectivity index (χ1) is 4.09. The van der Waals surface area contributed by atoms with Gasteiger partial charge in [-0.3, -0.25) is 9.59 Å². The van der Waals surface area contributed by atoms with Crippen molar-refractivity contribution in [2.24, 2.45) is 11.7 Å². The van der Waals surface area contributed by atoms with E-state index in [2.05, 4.69) is 0 Å². The van der Waals surface area contributed by atoms with E-state index in [1.165, 1.54) is 0 Å². The molecule has 0 aliphatic heterocycles. The average molecular weight is 147 g/mol. The summed E-state index contributed by atoms with van der Waals surface area (Å²) in [4.78, 5) is 20.8. The summed E-state index contributed by atoms with van der Waals surface area (Å²) in [6.07, 6.45) is 0.668. The maximum Gasteiger partial charge on any atom is 0.285 e. The molecule has 0 aliphatic rings. The second kappa shape index (κ2) is 4.93. The van der Waals surface area contributed by atoms with E-state index in [0.29, 0.717) is 6.42 Å². The minimum absolute atomic E-state index is 0. The van der Waals surface area contributed by atoms with Gasteiger partial charge < -0.3 is 11.2 Å². The van der Waals surface area contributed by atoms with Crippen molar-refractivity contribution in [1.82, 2.24) is 0 Å². The predicted octanol–water partition coefficient (Wildman–Crippen LogP) is -0.738. The molecule has 60 valence electrons. The molecule has 0 heterocycles. The molecule has 0 saturated heterocycles. The summed E-state index contributed by atoms with van der Waals surface area (Å²) in [7, 11) is 0. The van der Waals surface area contributed by atoms with E-state index in [0.717, 1.165) is 0 Å². The topological polar surface area (TPSA) is 91.7 Å². The lowest BCUT2D eigenvalue weighted by atomic mass is 10.0. The Bertz CT molecular complexity index is 133. The van der Waals surface area contributed by atoms with E-state index in [1.807, 2.05) is 6.92 Å². The molecule has 0 fully saturated rings.